The molecular formula is C14H22. The molecule has 1 aromatic carbocycles. The molecule has 0 fully saturated rings. The van der Waals surface area contributed by atoms with Gasteiger partial charge in [-0.25, -0.2) is 0 Å². The Hall–Kier alpha value is -1.04. The average Bonchev–Trinajstić information content (AvgIpc) is 2.30. The van der Waals surface area contributed by atoms with Gasteiger partial charge in [0.1, 0.15) is 0 Å². The third-order valence-corrected chi connectivity index (χ3v) is 2.52. The van der Waals surface area contributed by atoms with Crippen LogP contribution in [0.5, 0.6) is 0 Å². The summed E-state index contributed by atoms with van der Waals surface area (Å²) in [4.78, 5) is 0. The lowest BCUT2D eigenvalue weighted by atomic mass is 9.95. The van der Waals surface area contributed by atoms with E-state index in [1.54, 1.807) is 0 Å². The smallest absolute Gasteiger partial charge is 0.0251 e. The molecule has 0 radical (unpaired) electrons. The molecule has 1 rings (SSSR count). The molecule has 78 valence electrons. The van der Waals surface area contributed by atoms with Crippen molar-refractivity contribution in [2.75, 3.05) is 0 Å². The van der Waals surface area contributed by atoms with E-state index in [1.807, 2.05) is 0 Å². The maximum absolute atomic E-state index is 3.00. The normalized spacial score (nSPS) is 9.36. The van der Waals surface area contributed by atoms with Gasteiger partial charge >= 0.3 is 0 Å². The lowest BCUT2D eigenvalue weighted by molar-refractivity contribution is 0.490. The van der Waals surface area contributed by atoms with Gasteiger partial charge in [-0.3, -0.25) is 0 Å². The number of hydrogen-bond donors (Lipinski definition) is 0. The van der Waals surface area contributed by atoms with Gasteiger partial charge < -0.3 is 0 Å². The van der Waals surface area contributed by atoms with Crippen LogP contribution in [0.1, 0.15) is 32.3 Å². The molecule has 0 N–H and O–H groups in total. The van der Waals surface area contributed by atoms with Gasteiger partial charge in [-0.2, -0.15) is 0 Å². The molecule has 0 amide bonds. The summed E-state index contributed by atoms with van der Waals surface area (Å²) in [6.45, 7) is 10.5. The fourth-order valence-corrected chi connectivity index (χ4v) is 1.52. The number of hydrogen-bond acceptors (Lipinski definition) is 0. The topological polar surface area (TPSA) is 0 Å². The highest BCUT2D eigenvalue weighted by Crippen LogP contribution is 2.14. The van der Waals surface area contributed by atoms with E-state index < -0.39 is 0 Å². The first kappa shape index (κ1) is 13.0. The predicted octanol–water partition coefficient (Wildman–Crippen LogP) is 4.47. The van der Waals surface area contributed by atoms with Crippen LogP contribution in [-0.4, -0.2) is 0 Å². The van der Waals surface area contributed by atoms with Crippen molar-refractivity contribution < 1.29 is 0 Å². The molecule has 0 bridgehead atoms. The molecule has 0 aromatic heterocycles. The first-order chi connectivity index (χ1) is 6.86. The Labute approximate surface area is 88.7 Å². The van der Waals surface area contributed by atoms with Gasteiger partial charge in [0.15, 0.2) is 0 Å². The SMILES string of the molecule is C=C.CCC(CC)Cc1ccccc1. The van der Waals surface area contributed by atoms with Crippen molar-refractivity contribution >= 4 is 0 Å². The van der Waals surface area contributed by atoms with Crippen molar-refractivity contribution in [2.24, 2.45) is 5.92 Å². The summed E-state index contributed by atoms with van der Waals surface area (Å²) in [6, 6.07) is 10.8. The summed E-state index contributed by atoms with van der Waals surface area (Å²) in [7, 11) is 0. The molecule has 0 aliphatic carbocycles. The van der Waals surface area contributed by atoms with Gasteiger partial charge in [-0.1, -0.05) is 57.0 Å². The summed E-state index contributed by atoms with van der Waals surface area (Å²) < 4.78 is 0. The summed E-state index contributed by atoms with van der Waals surface area (Å²) in [5, 5.41) is 0. The first-order valence-electron chi connectivity index (χ1n) is 5.40. The van der Waals surface area contributed by atoms with Gasteiger partial charge in [0.25, 0.3) is 0 Å². The number of benzene rings is 1. The minimum atomic E-state index is 0.868. The van der Waals surface area contributed by atoms with Crippen LogP contribution >= 0.6 is 0 Å². The Morgan fingerprint density at radius 1 is 1.00 bits per heavy atom. The van der Waals surface area contributed by atoms with Crippen molar-refractivity contribution in [2.45, 2.75) is 33.1 Å². The summed E-state index contributed by atoms with van der Waals surface area (Å²) in [5.41, 5.74) is 1.48. The highest BCUT2D eigenvalue weighted by atomic mass is 14.1. The van der Waals surface area contributed by atoms with Crippen LogP contribution in [0.3, 0.4) is 0 Å². The van der Waals surface area contributed by atoms with Crippen molar-refractivity contribution in [3.05, 3.63) is 49.1 Å². The molecule has 0 atom stereocenters. The molecule has 0 spiro atoms. The average molecular weight is 190 g/mol. The van der Waals surface area contributed by atoms with E-state index in [0.29, 0.717) is 0 Å². The van der Waals surface area contributed by atoms with Crippen LogP contribution in [0, 0.1) is 5.92 Å². The van der Waals surface area contributed by atoms with Crippen molar-refractivity contribution in [3.63, 3.8) is 0 Å². The zero-order chi connectivity index (χ0) is 10.8. The van der Waals surface area contributed by atoms with Crippen LogP contribution in [0.25, 0.3) is 0 Å². The standard InChI is InChI=1S/C12H18.C2H4/c1-3-11(4-2)10-12-8-6-5-7-9-12;1-2/h5-9,11H,3-4,10H2,1-2H3;1-2H2. The minimum Gasteiger partial charge on any atom is -0.106 e. The van der Waals surface area contributed by atoms with E-state index in [9.17, 15) is 0 Å². The molecule has 14 heavy (non-hydrogen) atoms. The molecule has 0 saturated carbocycles. The van der Waals surface area contributed by atoms with E-state index in [-0.39, 0.29) is 0 Å². The minimum absolute atomic E-state index is 0.868. The Morgan fingerprint density at radius 2 is 1.50 bits per heavy atom. The molecule has 0 heteroatoms. The zero-order valence-corrected chi connectivity index (χ0v) is 9.50. The van der Waals surface area contributed by atoms with Gasteiger partial charge in [-0.15, -0.1) is 13.2 Å². The Morgan fingerprint density at radius 3 is 1.93 bits per heavy atom. The molecule has 0 unspecified atom stereocenters. The maximum Gasteiger partial charge on any atom is -0.0251 e. The van der Waals surface area contributed by atoms with Gasteiger partial charge in [0.2, 0.25) is 0 Å². The van der Waals surface area contributed by atoms with E-state index >= 15 is 0 Å². The monoisotopic (exact) mass is 190 g/mol. The van der Waals surface area contributed by atoms with E-state index in [0.717, 1.165) is 5.92 Å². The van der Waals surface area contributed by atoms with Gasteiger partial charge in [0.05, 0.1) is 0 Å². The maximum atomic E-state index is 3.00. The van der Waals surface area contributed by atoms with Crippen LogP contribution in [0.15, 0.2) is 43.5 Å². The fraction of sp³-hybridized carbons (Fsp3) is 0.429. The zero-order valence-electron chi connectivity index (χ0n) is 9.50. The predicted molar refractivity (Wildman–Crippen MR) is 65.5 cm³/mol. The van der Waals surface area contributed by atoms with Gasteiger partial charge in [-0.05, 0) is 17.9 Å². The third-order valence-electron chi connectivity index (χ3n) is 2.52. The summed E-state index contributed by atoms with van der Waals surface area (Å²) in [6.07, 6.45) is 3.84. The van der Waals surface area contributed by atoms with Crippen LogP contribution in [-0.2, 0) is 6.42 Å². The quantitative estimate of drug-likeness (QED) is 0.615. The highest BCUT2D eigenvalue weighted by Gasteiger charge is 2.03. The molecule has 0 saturated heterocycles. The van der Waals surface area contributed by atoms with E-state index in [4.69, 9.17) is 0 Å². The van der Waals surface area contributed by atoms with Crippen molar-refractivity contribution in [1.82, 2.24) is 0 Å². The molecule has 0 nitrogen and oxygen atoms in total. The second-order valence-corrected chi connectivity index (χ2v) is 3.37. The van der Waals surface area contributed by atoms with Crippen molar-refractivity contribution in [1.29, 1.82) is 0 Å². The second kappa shape index (κ2) is 8.55. The lowest BCUT2D eigenvalue weighted by Gasteiger charge is -2.11. The molecule has 0 aliphatic rings. The highest BCUT2D eigenvalue weighted by molar-refractivity contribution is 5.15. The largest absolute Gasteiger partial charge is 0.106 e. The lowest BCUT2D eigenvalue weighted by Crippen LogP contribution is -2.00. The van der Waals surface area contributed by atoms with Gasteiger partial charge in [0, 0.05) is 0 Å². The number of rotatable bonds is 4. The van der Waals surface area contributed by atoms with Crippen LogP contribution in [0.4, 0.5) is 0 Å². The summed E-state index contributed by atoms with van der Waals surface area (Å²) >= 11 is 0. The Bertz CT molecular complexity index is 209. The van der Waals surface area contributed by atoms with Crippen molar-refractivity contribution in [3.8, 4) is 0 Å². The molecule has 0 aliphatic heterocycles. The van der Waals surface area contributed by atoms with E-state index in [1.165, 1.54) is 24.8 Å². The van der Waals surface area contributed by atoms with Crippen LogP contribution < -0.4 is 0 Å². The summed E-state index contributed by atoms with van der Waals surface area (Å²) in [5.74, 6) is 0.868. The molecule has 1 aromatic rings. The first-order valence-corrected chi connectivity index (χ1v) is 5.40. The Balaban J connectivity index is 0.000000791. The Kier molecular flexibility index (Phi) is 7.92. The van der Waals surface area contributed by atoms with Crippen LogP contribution in [0.2, 0.25) is 0 Å². The fourth-order valence-electron chi connectivity index (χ4n) is 1.52. The van der Waals surface area contributed by atoms with E-state index in [2.05, 4.69) is 57.3 Å². The second-order valence-electron chi connectivity index (χ2n) is 3.37. The third kappa shape index (κ3) is 4.86. The molecular weight excluding hydrogens is 168 g/mol. The molecule has 0 heterocycles.